The quantitative estimate of drug-likeness (QED) is 0.592. The average molecular weight is 284 g/mol. The number of rotatable bonds is 6. The molecule has 1 rings (SSSR count). The van der Waals surface area contributed by atoms with Crippen LogP contribution in [-0.4, -0.2) is 24.2 Å². The van der Waals surface area contributed by atoms with Crippen LogP contribution in [0.5, 0.6) is 0 Å². The van der Waals surface area contributed by atoms with Crippen molar-refractivity contribution in [2.45, 2.75) is 64.7 Å². The summed E-state index contributed by atoms with van der Waals surface area (Å²) in [5.74, 6) is -0.764. The second kappa shape index (κ2) is 12.7. The average Bonchev–Trinajstić information content (AvgIpc) is 2.48. The van der Waals surface area contributed by atoms with Crippen molar-refractivity contribution < 1.29 is 19.4 Å². The lowest BCUT2D eigenvalue weighted by atomic mass is 9.90. The molecule has 0 aromatic rings. The minimum Gasteiger partial charge on any atom is -0.481 e. The summed E-state index contributed by atoms with van der Waals surface area (Å²) in [7, 11) is 1.41. The molecule has 1 N–H and O–H groups in total. The van der Waals surface area contributed by atoms with Crippen LogP contribution >= 0.6 is 0 Å². The number of esters is 1. The number of allylic oxidation sites excluding steroid dienone is 2. The molecule has 0 heterocycles. The second-order valence-electron chi connectivity index (χ2n) is 5.05. The van der Waals surface area contributed by atoms with Crippen LogP contribution in [0.2, 0.25) is 0 Å². The maximum absolute atomic E-state index is 10.6. The van der Waals surface area contributed by atoms with Gasteiger partial charge in [0, 0.05) is 6.42 Å². The monoisotopic (exact) mass is 284 g/mol. The number of carbonyl (C=O) groups excluding carboxylic acids is 1. The fourth-order valence-electron chi connectivity index (χ4n) is 2.06. The number of hydrogen-bond donors (Lipinski definition) is 1. The fraction of sp³-hybridized carbons (Fsp3) is 0.750. The fourth-order valence-corrected chi connectivity index (χ4v) is 2.06. The van der Waals surface area contributed by atoms with Crippen molar-refractivity contribution in [2.75, 3.05) is 7.11 Å². The number of unbranched alkanes of at least 4 members (excludes halogenated alkanes) is 1. The first-order chi connectivity index (χ1) is 9.61. The number of carboxylic acids is 1. The Kier molecular flexibility index (Phi) is 11.9. The molecule has 1 aliphatic carbocycles. The van der Waals surface area contributed by atoms with Crippen molar-refractivity contribution in [3.63, 3.8) is 0 Å². The Hall–Kier alpha value is -1.32. The van der Waals surface area contributed by atoms with E-state index in [1.54, 1.807) is 0 Å². The van der Waals surface area contributed by atoms with Crippen molar-refractivity contribution >= 4 is 11.9 Å². The van der Waals surface area contributed by atoms with E-state index in [9.17, 15) is 9.59 Å². The lowest BCUT2D eigenvalue weighted by molar-refractivity contribution is -0.143. The minimum atomic E-state index is -0.602. The molecule has 0 radical (unpaired) electrons. The number of methoxy groups -OCH3 is 1. The van der Waals surface area contributed by atoms with Crippen molar-refractivity contribution in [1.82, 2.24) is 0 Å². The van der Waals surface area contributed by atoms with Gasteiger partial charge in [-0.15, -0.1) is 0 Å². The molecule has 0 aliphatic heterocycles. The van der Waals surface area contributed by atoms with Crippen LogP contribution < -0.4 is 0 Å². The third-order valence-corrected chi connectivity index (χ3v) is 3.32. The molecular weight excluding hydrogens is 256 g/mol. The van der Waals surface area contributed by atoms with Gasteiger partial charge in [0.25, 0.3) is 0 Å². The van der Waals surface area contributed by atoms with E-state index < -0.39 is 5.97 Å². The van der Waals surface area contributed by atoms with Crippen LogP contribution in [0, 0.1) is 5.92 Å². The first-order valence-corrected chi connectivity index (χ1v) is 7.56. The SMILES string of the molecule is CCC/C=C/CCC(=O)OC.O=C(O)C1CCCCC1. The van der Waals surface area contributed by atoms with Gasteiger partial charge in [0.15, 0.2) is 0 Å². The summed E-state index contributed by atoms with van der Waals surface area (Å²) in [5.41, 5.74) is 0. The molecule has 1 fully saturated rings. The van der Waals surface area contributed by atoms with Crippen LogP contribution in [0.15, 0.2) is 12.2 Å². The summed E-state index contributed by atoms with van der Waals surface area (Å²) in [4.78, 5) is 20.9. The smallest absolute Gasteiger partial charge is 0.306 e. The Labute approximate surface area is 122 Å². The Morgan fingerprint density at radius 1 is 1.15 bits per heavy atom. The van der Waals surface area contributed by atoms with Gasteiger partial charge in [0.05, 0.1) is 13.0 Å². The van der Waals surface area contributed by atoms with Crippen LogP contribution in [-0.2, 0) is 14.3 Å². The van der Waals surface area contributed by atoms with Gasteiger partial charge < -0.3 is 9.84 Å². The number of aliphatic carboxylic acids is 1. The van der Waals surface area contributed by atoms with Crippen molar-refractivity contribution in [3.8, 4) is 0 Å². The highest BCUT2D eigenvalue weighted by molar-refractivity contribution is 5.70. The van der Waals surface area contributed by atoms with Gasteiger partial charge in [-0.25, -0.2) is 0 Å². The van der Waals surface area contributed by atoms with E-state index in [0.717, 1.165) is 44.9 Å². The van der Waals surface area contributed by atoms with E-state index in [1.165, 1.54) is 13.5 Å². The zero-order valence-corrected chi connectivity index (χ0v) is 12.8. The molecule has 0 amide bonds. The maximum Gasteiger partial charge on any atom is 0.306 e. The summed E-state index contributed by atoms with van der Waals surface area (Å²) in [5, 5.41) is 8.54. The molecule has 0 spiro atoms. The predicted molar refractivity (Wildman–Crippen MR) is 79.5 cm³/mol. The Bertz CT molecular complexity index is 291. The molecule has 20 heavy (non-hydrogen) atoms. The first kappa shape index (κ1) is 18.7. The Morgan fingerprint density at radius 3 is 2.20 bits per heavy atom. The normalized spacial score (nSPS) is 15.5. The van der Waals surface area contributed by atoms with E-state index in [4.69, 9.17) is 5.11 Å². The van der Waals surface area contributed by atoms with Crippen LogP contribution in [0.1, 0.15) is 64.7 Å². The molecule has 1 saturated carbocycles. The zero-order chi connectivity index (χ0) is 15.2. The molecule has 0 aromatic heterocycles. The summed E-state index contributed by atoms with van der Waals surface area (Å²) in [6.45, 7) is 2.13. The zero-order valence-electron chi connectivity index (χ0n) is 12.8. The molecular formula is C16H28O4. The lowest BCUT2D eigenvalue weighted by Crippen LogP contribution is -2.16. The van der Waals surface area contributed by atoms with Gasteiger partial charge in [0.2, 0.25) is 0 Å². The molecule has 4 nitrogen and oxygen atoms in total. The van der Waals surface area contributed by atoms with E-state index in [1.807, 2.05) is 6.08 Å². The molecule has 0 saturated heterocycles. The Balaban J connectivity index is 0.000000367. The molecule has 0 unspecified atom stereocenters. The number of ether oxygens (including phenoxy) is 1. The van der Waals surface area contributed by atoms with E-state index in [-0.39, 0.29) is 11.9 Å². The largest absolute Gasteiger partial charge is 0.481 e. The minimum absolute atomic E-state index is 0.0289. The van der Waals surface area contributed by atoms with Crippen LogP contribution in [0.25, 0.3) is 0 Å². The van der Waals surface area contributed by atoms with Gasteiger partial charge >= 0.3 is 11.9 Å². The van der Waals surface area contributed by atoms with E-state index in [0.29, 0.717) is 6.42 Å². The lowest BCUT2D eigenvalue weighted by Gasteiger charge is -2.16. The molecule has 0 bridgehead atoms. The van der Waals surface area contributed by atoms with Gasteiger partial charge in [0.1, 0.15) is 0 Å². The van der Waals surface area contributed by atoms with Gasteiger partial charge in [-0.2, -0.15) is 0 Å². The van der Waals surface area contributed by atoms with Gasteiger partial charge in [-0.3, -0.25) is 9.59 Å². The van der Waals surface area contributed by atoms with Crippen molar-refractivity contribution in [3.05, 3.63) is 12.2 Å². The van der Waals surface area contributed by atoms with Gasteiger partial charge in [-0.05, 0) is 25.7 Å². The molecule has 0 atom stereocenters. The molecule has 116 valence electrons. The summed E-state index contributed by atoms with van der Waals surface area (Å²) in [6.07, 6.45) is 12.9. The van der Waals surface area contributed by atoms with E-state index >= 15 is 0 Å². The predicted octanol–water partition coefficient (Wildman–Crippen LogP) is 3.95. The summed E-state index contributed by atoms with van der Waals surface area (Å²) >= 11 is 0. The summed E-state index contributed by atoms with van der Waals surface area (Å²) < 4.78 is 4.48. The highest BCUT2D eigenvalue weighted by Gasteiger charge is 2.19. The molecule has 4 heteroatoms. The number of carbonyl (C=O) groups is 2. The second-order valence-corrected chi connectivity index (χ2v) is 5.05. The molecule has 0 aromatic carbocycles. The molecule has 1 aliphatic rings. The van der Waals surface area contributed by atoms with Crippen molar-refractivity contribution in [2.24, 2.45) is 5.92 Å². The summed E-state index contributed by atoms with van der Waals surface area (Å²) in [6, 6.07) is 0. The highest BCUT2D eigenvalue weighted by atomic mass is 16.5. The van der Waals surface area contributed by atoms with Crippen LogP contribution in [0.4, 0.5) is 0 Å². The third kappa shape index (κ3) is 10.6. The van der Waals surface area contributed by atoms with Gasteiger partial charge in [-0.1, -0.05) is 44.8 Å². The highest BCUT2D eigenvalue weighted by Crippen LogP contribution is 2.23. The standard InChI is InChI=1S/C9H16O2.C7H12O2/c1-3-4-5-6-7-8-9(10)11-2;8-7(9)6-4-2-1-3-5-6/h5-6H,3-4,7-8H2,1-2H3;6H,1-5H2,(H,8,9)/b6-5+;. The first-order valence-electron chi connectivity index (χ1n) is 7.56. The topological polar surface area (TPSA) is 63.6 Å². The Morgan fingerprint density at radius 2 is 1.75 bits per heavy atom. The van der Waals surface area contributed by atoms with Crippen LogP contribution in [0.3, 0.4) is 0 Å². The van der Waals surface area contributed by atoms with Crippen molar-refractivity contribution in [1.29, 1.82) is 0 Å². The number of carboxylic acid groups (broad SMARTS) is 1. The maximum atomic E-state index is 10.6. The van der Waals surface area contributed by atoms with E-state index in [2.05, 4.69) is 17.7 Å². The third-order valence-electron chi connectivity index (χ3n) is 3.32. The number of hydrogen-bond acceptors (Lipinski definition) is 3.